The van der Waals surface area contributed by atoms with Gasteiger partial charge in [0.15, 0.2) is 0 Å². The Morgan fingerprint density at radius 2 is 1.64 bits per heavy atom. The third kappa shape index (κ3) is 4.93. The van der Waals surface area contributed by atoms with E-state index in [-0.39, 0.29) is 27.3 Å². The van der Waals surface area contributed by atoms with Gasteiger partial charge in [-0.15, -0.1) is 0 Å². The van der Waals surface area contributed by atoms with Crippen LogP contribution in [0.5, 0.6) is 5.75 Å². The van der Waals surface area contributed by atoms with Crippen molar-refractivity contribution in [2.75, 3.05) is 14.2 Å². The van der Waals surface area contributed by atoms with Crippen LogP contribution in [0.4, 0.5) is 0 Å². The molecule has 4 heterocycles. The van der Waals surface area contributed by atoms with Crippen LogP contribution in [-0.2, 0) is 26.5 Å². The average molecular weight is 601 g/mol. The lowest BCUT2D eigenvalue weighted by atomic mass is 10.1. The van der Waals surface area contributed by atoms with E-state index in [9.17, 15) is 28.8 Å². The molecular weight excluding hydrogens is 576 g/mol. The minimum absolute atomic E-state index is 0.0876. The molecule has 0 aliphatic carbocycles. The van der Waals surface area contributed by atoms with Gasteiger partial charge in [-0.25, -0.2) is 15.4 Å². The minimum Gasteiger partial charge on any atom is -0.496 e. The first kappa shape index (κ1) is 29.3. The number of benzene rings is 1. The Morgan fingerprint density at radius 1 is 0.977 bits per heavy atom. The summed E-state index contributed by atoms with van der Waals surface area (Å²) in [6.45, 7) is 0.547. The van der Waals surface area contributed by atoms with Crippen LogP contribution < -0.4 is 43.1 Å². The van der Waals surface area contributed by atoms with Crippen LogP contribution in [0.2, 0.25) is 0 Å². The molecule has 0 saturated carbocycles. The molecule has 4 aromatic rings. The van der Waals surface area contributed by atoms with E-state index in [2.05, 4.69) is 31.4 Å². The second kappa shape index (κ2) is 11.6. The topological polar surface area (TPSA) is 204 Å². The number of aromatic nitrogens is 3. The highest BCUT2D eigenvalue weighted by atomic mass is 16.5. The first-order valence-electron chi connectivity index (χ1n) is 12.9. The maximum atomic E-state index is 13.7. The summed E-state index contributed by atoms with van der Waals surface area (Å²) < 4.78 is 12.1. The van der Waals surface area contributed by atoms with Crippen molar-refractivity contribution in [3.8, 4) is 5.75 Å². The molecular formula is C28H24N8O8. The van der Waals surface area contributed by atoms with Gasteiger partial charge in [-0.05, 0) is 42.6 Å². The maximum Gasteiger partial charge on any atom is 0.264 e. The predicted octanol–water partition coefficient (Wildman–Crippen LogP) is -1.11. The smallest absolute Gasteiger partial charge is 0.264 e. The number of amides is 2. The zero-order valence-electron chi connectivity index (χ0n) is 23.5. The second-order valence-electron chi connectivity index (χ2n) is 9.40. The molecule has 0 saturated heterocycles. The average Bonchev–Trinajstić information content (AvgIpc) is 3.40. The summed E-state index contributed by atoms with van der Waals surface area (Å²) >= 11 is 0. The number of allylic oxidation sites excluding steroid dienone is 2. The quantitative estimate of drug-likeness (QED) is 0.156. The van der Waals surface area contributed by atoms with Gasteiger partial charge >= 0.3 is 0 Å². The fraction of sp³-hybridized carbons (Fsp3) is 0.179. The van der Waals surface area contributed by atoms with Crippen LogP contribution in [0.25, 0.3) is 21.5 Å². The number of dihydropyridines is 1. The molecule has 16 nitrogen and oxygen atoms in total. The van der Waals surface area contributed by atoms with Crippen LogP contribution in [-0.4, -0.2) is 52.6 Å². The first-order valence-corrected chi connectivity index (χ1v) is 12.9. The Hall–Kier alpha value is -6.19. The van der Waals surface area contributed by atoms with Gasteiger partial charge in [0.2, 0.25) is 11.6 Å². The lowest BCUT2D eigenvalue weighted by Crippen LogP contribution is -2.57. The summed E-state index contributed by atoms with van der Waals surface area (Å²) in [6, 6.07) is 5.59. The Kier molecular flexibility index (Phi) is 7.72. The zero-order valence-corrected chi connectivity index (χ0v) is 23.5. The fourth-order valence-electron chi connectivity index (χ4n) is 4.79. The van der Waals surface area contributed by atoms with Crippen molar-refractivity contribution >= 4 is 45.8 Å². The van der Waals surface area contributed by atoms with Crippen LogP contribution in [0.1, 0.15) is 12.6 Å². The van der Waals surface area contributed by atoms with E-state index in [0.29, 0.717) is 16.0 Å². The highest BCUT2D eigenvalue weighted by Crippen LogP contribution is 2.25. The van der Waals surface area contributed by atoms with Crippen molar-refractivity contribution < 1.29 is 19.1 Å². The van der Waals surface area contributed by atoms with E-state index < -0.39 is 46.3 Å². The summed E-state index contributed by atoms with van der Waals surface area (Å²) in [4.78, 5) is 81.8. The molecule has 16 heteroatoms. The van der Waals surface area contributed by atoms with Gasteiger partial charge in [0.25, 0.3) is 28.1 Å². The third-order valence-corrected chi connectivity index (χ3v) is 6.74. The summed E-state index contributed by atoms with van der Waals surface area (Å²) in [6.07, 6.45) is 8.36. The SMILES string of the molecule is COC1=CC=CNC1(/C=N/NC(C)=O)n1c(=O)c2cc3c(=O)n(CC(=O)N/N=C/c4ncccc4OC)c(=O)c3cc2c1=O. The molecule has 1 aliphatic rings. The molecule has 3 aromatic heterocycles. The monoisotopic (exact) mass is 600 g/mol. The van der Waals surface area contributed by atoms with Crippen molar-refractivity contribution in [2.24, 2.45) is 10.2 Å². The lowest BCUT2D eigenvalue weighted by Gasteiger charge is -2.33. The molecule has 0 spiro atoms. The highest BCUT2D eigenvalue weighted by Gasteiger charge is 2.41. The van der Waals surface area contributed by atoms with Crippen LogP contribution in [0.15, 0.2) is 84.0 Å². The maximum absolute atomic E-state index is 13.7. The largest absolute Gasteiger partial charge is 0.496 e. The molecule has 1 aromatic carbocycles. The van der Waals surface area contributed by atoms with Gasteiger partial charge < -0.3 is 14.8 Å². The van der Waals surface area contributed by atoms with Gasteiger partial charge in [-0.2, -0.15) is 10.2 Å². The molecule has 0 radical (unpaired) electrons. The van der Waals surface area contributed by atoms with Gasteiger partial charge in [0.05, 0.1) is 48.2 Å². The molecule has 0 bridgehead atoms. The predicted molar refractivity (Wildman–Crippen MR) is 159 cm³/mol. The molecule has 1 atom stereocenters. The van der Waals surface area contributed by atoms with Crippen molar-refractivity contribution in [1.29, 1.82) is 0 Å². The van der Waals surface area contributed by atoms with E-state index in [1.807, 2.05) is 0 Å². The number of fused-ring (bicyclic) bond motifs is 2. The van der Waals surface area contributed by atoms with Crippen molar-refractivity contribution in [2.45, 2.75) is 19.1 Å². The molecule has 44 heavy (non-hydrogen) atoms. The van der Waals surface area contributed by atoms with Crippen molar-refractivity contribution in [1.82, 2.24) is 30.3 Å². The van der Waals surface area contributed by atoms with Crippen LogP contribution >= 0.6 is 0 Å². The summed E-state index contributed by atoms with van der Waals surface area (Å²) in [5.74, 6) is -0.783. The molecule has 5 rings (SSSR count). The molecule has 224 valence electrons. The van der Waals surface area contributed by atoms with Gasteiger partial charge in [-0.1, -0.05) is 0 Å². The summed E-state index contributed by atoms with van der Waals surface area (Å²) in [7, 11) is 2.77. The minimum atomic E-state index is -1.79. The van der Waals surface area contributed by atoms with Crippen LogP contribution in [0, 0.1) is 0 Å². The normalized spacial score (nSPS) is 16.4. The number of ether oxygens (including phenoxy) is 2. The Bertz CT molecular complexity index is 2070. The Morgan fingerprint density at radius 3 is 2.25 bits per heavy atom. The number of nitrogens with zero attached hydrogens (tertiary/aromatic N) is 5. The number of carbonyl (C=O) groups is 2. The fourth-order valence-corrected chi connectivity index (χ4v) is 4.79. The van der Waals surface area contributed by atoms with E-state index in [4.69, 9.17) is 9.47 Å². The second-order valence-corrected chi connectivity index (χ2v) is 9.40. The van der Waals surface area contributed by atoms with Crippen molar-refractivity contribution in [3.63, 3.8) is 0 Å². The van der Waals surface area contributed by atoms with E-state index in [1.54, 1.807) is 18.2 Å². The number of methoxy groups -OCH3 is 2. The molecule has 1 unspecified atom stereocenters. The number of hydrogen-bond acceptors (Lipinski definition) is 12. The third-order valence-electron chi connectivity index (χ3n) is 6.74. The number of carbonyl (C=O) groups excluding carboxylic acids is 2. The number of hydrogen-bond donors (Lipinski definition) is 3. The number of pyridine rings is 1. The molecule has 3 N–H and O–H groups in total. The molecule has 1 aliphatic heterocycles. The van der Waals surface area contributed by atoms with Crippen LogP contribution in [0.3, 0.4) is 0 Å². The van der Waals surface area contributed by atoms with Gasteiger partial charge in [0.1, 0.15) is 23.7 Å². The Balaban J connectivity index is 1.54. The number of nitrogens with one attached hydrogen (secondary N) is 3. The van der Waals surface area contributed by atoms with Gasteiger partial charge in [-0.3, -0.25) is 38.3 Å². The number of rotatable bonds is 9. The van der Waals surface area contributed by atoms with Gasteiger partial charge in [0, 0.05) is 13.1 Å². The highest BCUT2D eigenvalue weighted by molar-refractivity contribution is 5.98. The van der Waals surface area contributed by atoms with E-state index in [1.165, 1.54) is 45.8 Å². The number of hydrazone groups is 2. The molecule has 2 amide bonds. The Labute approximate surface area is 246 Å². The molecule has 0 fully saturated rings. The van der Waals surface area contributed by atoms with Crippen molar-refractivity contribution in [3.05, 3.63) is 102 Å². The first-order chi connectivity index (χ1) is 21.1. The zero-order chi connectivity index (χ0) is 31.6. The summed E-state index contributed by atoms with van der Waals surface area (Å²) in [5, 5.41) is 9.89. The standard InChI is InChI=1S/C28H24N8O8/c1-15(37)33-32-14-28(22(44-3)7-5-9-30-28)36-26(41)18-10-16-17(11-19(18)27(36)42)25(40)35(24(16)39)13-23(38)34-31-12-20-21(43-2)6-4-8-29-20/h4-12,14,30H,13H2,1-3H3,(H,33,37)(H,34,38)/b31-12+,32-14+. The lowest BCUT2D eigenvalue weighted by molar-refractivity contribution is -0.121. The van der Waals surface area contributed by atoms with E-state index in [0.717, 1.165) is 22.9 Å². The van der Waals surface area contributed by atoms with E-state index >= 15 is 0 Å². The summed E-state index contributed by atoms with van der Waals surface area (Å²) in [5.41, 5.74) is -0.346.